The van der Waals surface area contributed by atoms with Crippen molar-refractivity contribution in [2.45, 2.75) is 25.7 Å². The van der Waals surface area contributed by atoms with E-state index in [1.54, 1.807) is 18.2 Å². The number of carbonyl (C=O) groups is 2. The van der Waals surface area contributed by atoms with Crippen molar-refractivity contribution in [3.05, 3.63) is 72.6 Å². The first-order valence-corrected chi connectivity index (χ1v) is 13.9. The molecule has 0 bridgehead atoms. The van der Waals surface area contributed by atoms with Gasteiger partial charge in [-0.05, 0) is 87.6 Å². The number of anilines is 5. The summed E-state index contributed by atoms with van der Waals surface area (Å²) in [7, 11) is 2.22. The number of benzene rings is 1. The Morgan fingerprint density at radius 3 is 2.39 bits per heavy atom. The fourth-order valence-electron chi connectivity index (χ4n) is 5.44. The van der Waals surface area contributed by atoms with E-state index in [2.05, 4.69) is 66.5 Å². The third-order valence-corrected chi connectivity index (χ3v) is 8.05. The Bertz CT molecular complexity index is 1390. The Kier molecular flexibility index (Phi) is 8.44. The van der Waals surface area contributed by atoms with Gasteiger partial charge in [-0.1, -0.05) is 12.1 Å². The van der Waals surface area contributed by atoms with Crippen molar-refractivity contribution in [2.24, 2.45) is 11.1 Å². The Morgan fingerprint density at radius 1 is 1.00 bits per heavy atom. The lowest BCUT2D eigenvalue weighted by molar-refractivity contribution is 0.0944. The molecular formula is C30H37N9O2. The molecule has 1 aromatic carbocycles. The average molecular weight is 556 g/mol. The summed E-state index contributed by atoms with van der Waals surface area (Å²) in [4.78, 5) is 42.4. The van der Waals surface area contributed by atoms with Crippen molar-refractivity contribution < 1.29 is 9.59 Å². The second-order valence-corrected chi connectivity index (χ2v) is 10.8. The molecule has 2 fully saturated rings. The topological polar surface area (TPSA) is 141 Å². The molecule has 0 radical (unpaired) electrons. The molecule has 0 atom stereocenters. The smallest absolute Gasteiger partial charge is 0.267 e. The Labute approximate surface area is 240 Å². The number of primary amides is 1. The fourth-order valence-corrected chi connectivity index (χ4v) is 5.44. The zero-order chi connectivity index (χ0) is 28.8. The molecule has 3 aromatic rings. The van der Waals surface area contributed by atoms with Crippen LogP contribution in [0.15, 0.2) is 61.3 Å². The molecule has 2 aliphatic heterocycles. The summed E-state index contributed by atoms with van der Waals surface area (Å²) in [6, 6.07) is 13.1. The zero-order valence-corrected chi connectivity index (χ0v) is 23.4. The molecular weight excluding hydrogens is 518 g/mol. The number of nitrogens with one attached hydrogen (secondary N) is 3. The quantitative estimate of drug-likeness (QED) is 0.291. The van der Waals surface area contributed by atoms with Gasteiger partial charge < -0.3 is 31.5 Å². The minimum absolute atomic E-state index is 0.0929. The Morgan fingerprint density at radius 2 is 1.71 bits per heavy atom. The van der Waals surface area contributed by atoms with Crippen LogP contribution in [0, 0.1) is 5.41 Å². The number of nitrogens with zero attached hydrogens (tertiary/aromatic N) is 5. The maximum absolute atomic E-state index is 12.8. The predicted octanol–water partition coefficient (Wildman–Crippen LogP) is 3.69. The first-order valence-electron chi connectivity index (χ1n) is 13.9. The van der Waals surface area contributed by atoms with Crippen molar-refractivity contribution in [2.75, 3.05) is 55.3 Å². The predicted molar refractivity (Wildman–Crippen MR) is 161 cm³/mol. The van der Waals surface area contributed by atoms with E-state index >= 15 is 0 Å². The second-order valence-electron chi connectivity index (χ2n) is 10.8. The zero-order valence-electron chi connectivity index (χ0n) is 23.4. The van der Waals surface area contributed by atoms with Crippen molar-refractivity contribution in [1.82, 2.24) is 25.2 Å². The maximum Gasteiger partial charge on any atom is 0.267 e. The van der Waals surface area contributed by atoms with Gasteiger partial charge >= 0.3 is 0 Å². The lowest BCUT2D eigenvalue weighted by Crippen LogP contribution is -2.46. The van der Waals surface area contributed by atoms with Gasteiger partial charge in [-0.3, -0.25) is 9.59 Å². The van der Waals surface area contributed by atoms with Gasteiger partial charge in [0, 0.05) is 37.2 Å². The standard InChI is InChI=1S/C30H37N9O2/c1-3-15-32-28(41)23-20-33-29(37-27(23)36-25-6-4-5-24(35-25)26(31)40)34-21-7-9-22(10-8-21)39-18-13-30(14-19-39)11-16-38(2)17-12-30/h3-10,20H,1,11-19H2,2H3,(H2,31,40)(H,32,41)(H2,33,34,35,36,37). The molecule has 2 amide bonds. The number of hydrogen-bond acceptors (Lipinski definition) is 9. The highest BCUT2D eigenvalue weighted by Crippen LogP contribution is 2.42. The van der Waals surface area contributed by atoms with E-state index in [1.807, 2.05) is 12.1 Å². The molecule has 1 spiro atoms. The molecule has 2 saturated heterocycles. The summed E-state index contributed by atoms with van der Waals surface area (Å²) in [5, 5.41) is 8.98. The molecule has 0 saturated carbocycles. The molecule has 2 aromatic heterocycles. The van der Waals surface area contributed by atoms with Crippen LogP contribution in [-0.4, -0.2) is 71.4 Å². The van der Waals surface area contributed by atoms with Crippen LogP contribution in [-0.2, 0) is 0 Å². The molecule has 0 unspecified atom stereocenters. The summed E-state index contributed by atoms with van der Waals surface area (Å²) in [6.07, 6.45) is 8.12. The molecule has 2 aliphatic rings. The summed E-state index contributed by atoms with van der Waals surface area (Å²) >= 11 is 0. The van der Waals surface area contributed by atoms with Crippen LogP contribution in [0.2, 0.25) is 0 Å². The monoisotopic (exact) mass is 555 g/mol. The SMILES string of the molecule is C=CCNC(=O)c1cnc(Nc2ccc(N3CCC4(CCN(C)CC4)CC3)cc2)nc1Nc1cccc(C(N)=O)n1. The number of carbonyl (C=O) groups excluding carboxylic acids is 2. The van der Waals surface area contributed by atoms with Crippen LogP contribution in [0.4, 0.5) is 29.0 Å². The minimum atomic E-state index is -0.656. The normalized spacial score (nSPS) is 16.7. The molecule has 41 heavy (non-hydrogen) atoms. The van der Waals surface area contributed by atoms with E-state index in [1.165, 1.54) is 56.7 Å². The van der Waals surface area contributed by atoms with Crippen molar-refractivity contribution in [3.8, 4) is 0 Å². The number of aromatic nitrogens is 3. The van der Waals surface area contributed by atoms with Gasteiger partial charge in [0.1, 0.15) is 22.9 Å². The number of nitrogens with two attached hydrogens (primary N) is 1. The number of likely N-dealkylation sites (tertiary alicyclic amines) is 1. The van der Waals surface area contributed by atoms with Crippen molar-refractivity contribution >= 4 is 40.8 Å². The number of amides is 2. The van der Waals surface area contributed by atoms with Gasteiger partial charge in [0.2, 0.25) is 5.95 Å². The molecule has 214 valence electrons. The summed E-state index contributed by atoms with van der Waals surface area (Å²) < 4.78 is 0. The first-order chi connectivity index (χ1) is 19.8. The third-order valence-electron chi connectivity index (χ3n) is 8.05. The number of piperidine rings is 2. The minimum Gasteiger partial charge on any atom is -0.371 e. The fraction of sp³-hybridized carbons (Fsp3) is 0.367. The summed E-state index contributed by atoms with van der Waals surface area (Å²) in [6.45, 7) is 8.49. The Balaban J connectivity index is 1.28. The third kappa shape index (κ3) is 6.80. The maximum atomic E-state index is 12.8. The van der Waals surface area contributed by atoms with E-state index in [4.69, 9.17) is 5.73 Å². The van der Waals surface area contributed by atoms with E-state index in [0.717, 1.165) is 18.8 Å². The van der Waals surface area contributed by atoms with E-state index in [9.17, 15) is 9.59 Å². The van der Waals surface area contributed by atoms with Crippen LogP contribution in [0.25, 0.3) is 0 Å². The van der Waals surface area contributed by atoms with Crippen LogP contribution in [0.3, 0.4) is 0 Å². The number of hydrogen-bond donors (Lipinski definition) is 4. The van der Waals surface area contributed by atoms with Crippen molar-refractivity contribution in [1.29, 1.82) is 0 Å². The molecule has 4 heterocycles. The van der Waals surface area contributed by atoms with Gasteiger partial charge in [0.15, 0.2) is 0 Å². The molecule has 5 rings (SSSR count). The lowest BCUT2D eigenvalue weighted by atomic mass is 9.71. The summed E-state index contributed by atoms with van der Waals surface area (Å²) in [5.41, 5.74) is 8.22. The van der Waals surface area contributed by atoms with E-state index in [0.29, 0.717) is 17.2 Å². The van der Waals surface area contributed by atoms with Crippen molar-refractivity contribution in [3.63, 3.8) is 0 Å². The first kappa shape index (κ1) is 28.0. The second kappa shape index (κ2) is 12.3. The lowest BCUT2D eigenvalue weighted by Gasteiger charge is -2.46. The largest absolute Gasteiger partial charge is 0.371 e. The van der Waals surface area contributed by atoms with Crippen LogP contribution in [0.5, 0.6) is 0 Å². The van der Waals surface area contributed by atoms with Crippen LogP contribution in [0.1, 0.15) is 46.5 Å². The van der Waals surface area contributed by atoms with Gasteiger partial charge in [-0.2, -0.15) is 4.98 Å². The van der Waals surface area contributed by atoms with E-state index < -0.39 is 5.91 Å². The van der Waals surface area contributed by atoms with Gasteiger partial charge in [0.05, 0.1) is 0 Å². The molecule has 11 heteroatoms. The van der Waals surface area contributed by atoms with Gasteiger partial charge in [0.25, 0.3) is 11.8 Å². The highest BCUT2D eigenvalue weighted by atomic mass is 16.2. The summed E-state index contributed by atoms with van der Waals surface area (Å²) in [5.74, 6) is -0.189. The van der Waals surface area contributed by atoms with Gasteiger partial charge in [-0.15, -0.1) is 6.58 Å². The van der Waals surface area contributed by atoms with E-state index in [-0.39, 0.29) is 29.5 Å². The number of rotatable bonds is 9. The molecule has 0 aliphatic carbocycles. The Hall–Kier alpha value is -4.51. The van der Waals surface area contributed by atoms with Crippen LogP contribution < -0.4 is 26.6 Å². The van der Waals surface area contributed by atoms with Gasteiger partial charge in [-0.25, -0.2) is 9.97 Å². The molecule has 5 N–H and O–H groups in total. The highest BCUT2D eigenvalue weighted by molar-refractivity contribution is 5.99. The highest BCUT2D eigenvalue weighted by Gasteiger charge is 2.36. The van der Waals surface area contributed by atoms with Crippen LogP contribution >= 0.6 is 0 Å². The molecule has 11 nitrogen and oxygen atoms in total. The number of pyridine rings is 1. The average Bonchev–Trinajstić information content (AvgIpc) is 2.99.